The van der Waals surface area contributed by atoms with Gasteiger partial charge in [-0.1, -0.05) is 6.07 Å². The molecular formula is C20H22FN5O. The van der Waals surface area contributed by atoms with E-state index in [1.54, 1.807) is 12.1 Å². The molecule has 0 bridgehead atoms. The highest BCUT2D eigenvalue weighted by Gasteiger charge is 2.25. The Morgan fingerprint density at radius 2 is 2.04 bits per heavy atom. The average Bonchev–Trinajstić information content (AvgIpc) is 3.13. The standard InChI is InChI=1S/C20H22FN5O/c21-16-6-8-17(9-7-16)22-19(27)10-13-25-11-3-4-15(14-25)20-24-23-18-5-1-2-12-26(18)20/h1-2,5-9,12,15H,3-4,10-11,13-14H2,(H,22,27)/t15-/m0/s1. The fourth-order valence-electron chi connectivity index (χ4n) is 3.62. The molecule has 1 aliphatic rings. The smallest absolute Gasteiger partial charge is 0.225 e. The maximum atomic E-state index is 12.9. The number of carbonyl (C=O) groups is 1. The van der Waals surface area contributed by atoms with Crippen LogP contribution in [0, 0.1) is 5.82 Å². The van der Waals surface area contributed by atoms with Gasteiger partial charge in [-0.2, -0.15) is 0 Å². The second-order valence-electron chi connectivity index (χ2n) is 6.93. The predicted molar refractivity (Wildman–Crippen MR) is 101 cm³/mol. The van der Waals surface area contributed by atoms with Crippen LogP contribution in [0.3, 0.4) is 0 Å². The van der Waals surface area contributed by atoms with Crippen molar-refractivity contribution < 1.29 is 9.18 Å². The third-order valence-corrected chi connectivity index (χ3v) is 4.99. The number of anilines is 1. The van der Waals surface area contributed by atoms with Crippen molar-refractivity contribution in [1.29, 1.82) is 0 Å². The number of carbonyl (C=O) groups excluding carboxylic acids is 1. The zero-order valence-electron chi connectivity index (χ0n) is 15.0. The van der Waals surface area contributed by atoms with E-state index in [0.29, 0.717) is 24.6 Å². The second-order valence-corrected chi connectivity index (χ2v) is 6.93. The Morgan fingerprint density at radius 3 is 2.89 bits per heavy atom. The van der Waals surface area contributed by atoms with Gasteiger partial charge in [0.05, 0.1) is 0 Å². The zero-order chi connectivity index (χ0) is 18.6. The summed E-state index contributed by atoms with van der Waals surface area (Å²) in [6.45, 7) is 2.55. The molecule has 4 rings (SSSR count). The first kappa shape index (κ1) is 17.6. The molecule has 1 atom stereocenters. The molecule has 3 aromatic rings. The average molecular weight is 367 g/mol. The molecule has 1 saturated heterocycles. The molecule has 1 fully saturated rings. The molecule has 2 aromatic heterocycles. The minimum Gasteiger partial charge on any atom is -0.326 e. The summed E-state index contributed by atoms with van der Waals surface area (Å²) in [5.74, 6) is 0.937. The van der Waals surface area contributed by atoms with E-state index in [1.807, 2.05) is 24.4 Å². The summed E-state index contributed by atoms with van der Waals surface area (Å²) in [6, 6.07) is 11.7. The van der Waals surface area contributed by atoms with Gasteiger partial charge in [-0.3, -0.25) is 9.20 Å². The number of likely N-dealkylation sites (tertiary alicyclic amines) is 1. The number of nitrogens with zero attached hydrogens (tertiary/aromatic N) is 4. The van der Waals surface area contributed by atoms with E-state index in [2.05, 4.69) is 24.8 Å². The molecule has 1 aromatic carbocycles. The SMILES string of the molecule is O=C(CCN1CCC[C@H](c2nnc3ccccn23)C1)Nc1ccc(F)cc1. The monoisotopic (exact) mass is 367 g/mol. The Morgan fingerprint density at radius 1 is 1.19 bits per heavy atom. The van der Waals surface area contributed by atoms with Crippen LogP contribution in [0.15, 0.2) is 48.7 Å². The lowest BCUT2D eigenvalue weighted by Crippen LogP contribution is -2.37. The highest BCUT2D eigenvalue weighted by molar-refractivity contribution is 5.90. The molecule has 0 saturated carbocycles. The van der Waals surface area contributed by atoms with Crippen LogP contribution in [-0.4, -0.2) is 45.0 Å². The van der Waals surface area contributed by atoms with Crippen molar-refractivity contribution in [2.45, 2.75) is 25.2 Å². The zero-order valence-corrected chi connectivity index (χ0v) is 15.0. The molecule has 0 radical (unpaired) electrons. The number of piperidine rings is 1. The molecule has 7 heteroatoms. The van der Waals surface area contributed by atoms with Crippen LogP contribution < -0.4 is 5.32 Å². The summed E-state index contributed by atoms with van der Waals surface area (Å²) in [4.78, 5) is 14.5. The number of benzene rings is 1. The van der Waals surface area contributed by atoms with Crippen LogP contribution in [0.25, 0.3) is 5.65 Å². The molecule has 0 aliphatic carbocycles. The Labute approximate surface area is 157 Å². The predicted octanol–water partition coefficient (Wildman–Crippen LogP) is 3.08. The van der Waals surface area contributed by atoms with E-state index in [0.717, 1.165) is 37.4 Å². The number of halogens is 1. The number of amides is 1. The van der Waals surface area contributed by atoms with Crippen LogP contribution in [0.1, 0.15) is 31.0 Å². The largest absolute Gasteiger partial charge is 0.326 e. The van der Waals surface area contributed by atoms with Crippen molar-refractivity contribution in [1.82, 2.24) is 19.5 Å². The lowest BCUT2D eigenvalue weighted by Gasteiger charge is -2.31. The van der Waals surface area contributed by atoms with Gasteiger partial charge in [0.25, 0.3) is 0 Å². The summed E-state index contributed by atoms with van der Waals surface area (Å²) >= 11 is 0. The van der Waals surface area contributed by atoms with E-state index in [4.69, 9.17) is 0 Å². The van der Waals surface area contributed by atoms with E-state index in [-0.39, 0.29) is 11.7 Å². The van der Waals surface area contributed by atoms with Crippen LogP contribution >= 0.6 is 0 Å². The highest BCUT2D eigenvalue weighted by atomic mass is 19.1. The van der Waals surface area contributed by atoms with Gasteiger partial charge in [0, 0.05) is 37.3 Å². The molecule has 0 unspecified atom stereocenters. The van der Waals surface area contributed by atoms with Crippen molar-refractivity contribution in [3.8, 4) is 0 Å². The molecule has 6 nitrogen and oxygen atoms in total. The fraction of sp³-hybridized carbons (Fsp3) is 0.350. The lowest BCUT2D eigenvalue weighted by molar-refractivity contribution is -0.116. The van der Waals surface area contributed by atoms with Crippen molar-refractivity contribution >= 4 is 17.2 Å². The fourth-order valence-corrected chi connectivity index (χ4v) is 3.62. The minimum absolute atomic E-state index is 0.0586. The lowest BCUT2D eigenvalue weighted by atomic mass is 9.97. The number of aromatic nitrogens is 3. The molecular weight excluding hydrogens is 345 g/mol. The Kier molecular flexibility index (Phi) is 5.11. The number of nitrogens with one attached hydrogen (secondary N) is 1. The summed E-state index contributed by atoms with van der Waals surface area (Å²) in [5.41, 5.74) is 1.48. The molecule has 140 valence electrons. The molecule has 1 N–H and O–H groups in total. The van der Waals surface area contributed by atoms with Crippen LogP contribution in [0.4, 0.5) is 10.1 Å². The second kappa shape index (κ2) is 7.84. The first-order chi connectivity index (χ1) is 13.2. The number of hydrogen-bond donors (Lipinski definition) is 1. The normalized spacial score (nSPS) is 17.9. The van der Waals surface area contributed by atoms with Crippen molar-refractivity contribution in [2.24, 2.45) is 0 Å². The van der Waals surface area contributed by atoms with Gasteiger partial charge in [0.15, 0.2) is 5.65 Å². The van der Waals surface area contributed by atoms with E-state index >= 15 is 0 Å². The molecule has 27 heavy (non-hydrogen) atoms. The van der Waals surface area contributed by atoms with Crippen molar-refractivity contribution in [3.05, 3.63) is 60.3 Å². The maximum Gasteiger partial charge on any atom is 0.225 e. The molecule has 0 spiro atoms. The summed E-state index contributed by atoms with van der Waals surface area (Å²) in [5, 5.41) is 11.5. The first-order valence-electron chi connectivity index (χ1n) is 9.26. The summed E-state index contributed by atoms with van der Waals surface area (Å²) in [6.07, 6.45) is 4.56. The molecule has 1 aliphatic heterocycles. The third-order valence-electron chi connectivity index (χ3n) is 4.99. The summed E-state index contributed by atoms with van der Waals surface area (Å²) < 4.78 is 15.0. The minimum atomic E-state index is -0.312. The number of rotatable bonds is 5. The van der Waals surface area contributed by atoms with Gasteiger partial charge in [-0.15, -0.1) is 10.2 Å². The quantitative estimate of drug-likeness (QED) is 0.753. The van der Waals surface area contributed by atoms with Gasteiger partial charge in [-0.25, -0.2) is 4.39 Å². The Bertz CT molecular complexity index is 924. The van der Waals surface area contributed by atoms with E-state index in [9.17, 15) is 9.18 Å². The first-order valence-corrected chi connectivity index (χ1v) is 9.26. The van der Waals surface area contributed by atoms with Gasteiger partial charge < -0.3 is 10.2 Å². The number of pyridine rings is 1. The van der Waals surface area contributed by atoms with Crippen LogP contribution in [0.5, 0.6) is 0 Å². The maximum absolute atomic E-state index is 12.9. The summed E-state index contributed by atoms with van der Waals surface area (Å²) in [7, 11) is 0. The topological polar surface area (TPSA) is 62.5 Å². The molecule has 3 heterocycles. The van der Waals surface area contributed by atoms with Gasteiger partial charge in [0.2, 0.25) is 5.91 Å². The van der Waals surface area contributed by atoms with Crippen molar-refractivity contribution in [2.75, 3.05) is 25.0 Å². The number of fused-ring (bicyclic) bond motifs is 1. The van der Waals surface area contributed by atoms with Gasteiger partial charge >= 0.3 is 0 Å². The van der Waals surface area contributed by atoms with Gasteiger partial charge in [0.1, 0.15) is 11.6 Å². The highest BCUT2D eigenvalue weighted by Crippen LogP contribution is 2.26. The number of hydrogen-bond acceptors (Lipinski definition) is 4. The molecule has 1 amide bonds. The van der Waals surface area contributed by atoms with E-state index in [1.165, 1.54) is 12.1 Å². The van der Waals surface area contributed by atoms with E-state index < -0.39 is 0 Å². The van der Waals surface area contributed by atoms with Crippen LogP contribution in [-0.2, 0) is 4.79 Å². The van der Waals surface area contributed by atoms with Gasteiger partial charge in [-0.05, 0) is 55.8 Å². The Balaban J connectivity index is 1.33. The van der Waals surface area contributed by atoms with Crippen LogP contribution in [0.2, 0.25) is 0 Å². The third kappa shape index (κ3) is 4.14. The van der Waals surface area contributed by atoms with Crippen molar-refractivity contribution in [3.63, 3.8) is 0 Å². The Hall–Kier alpha value is -2.80.